The van der Waals surface area contributed by atoms with Crippen molar-refractivity contribution in [1.82, 2.24) is 30.2 Å². The minimum Gasteiger partial charge on any atom is -0.790 e. The van der Waals surface area contributed by atoms with Crippen LogP contribution in [0.5, 0.6) is 0 Å². The fourth-order valence-corrected chi connectivity index (χ4v) is 17.1. The molecule has 2 aromatic rings. The van der Waals surface area contributed by atoms with Gasteiger partial charge in [-0.3, -0.25) is 28.1 Å². The molecule has 9 N–H and O–H groups in total. The van der Waals surface area contributed by atoms with Crippen molar-refractivity contribution in [2.75, 3.05) is 37.8 Å². The van der Waals surface area contributed by atoms with Gasteiger partial charge in [0.05, 0.1) is 45.7 Å². The lowest BCUT2D eigenvalue weighted by Gasteiger charge is -2.63. The van der Waals surface area contributed by atoms with E-state index >= 15 is 0 Å². The van der Waals surface area contributed by atoms with E-state index in [0.29, 0.717) is 36.9 Å². The van der Waals surface area contributed by atoms with Crippen molar-refractivity contribution in [3.05, 3.63) is 12.7 Å². The third-order valence-corrected chi connectivity index (χ3v) is 22.0. The molecule has 31 heteroatoms. The number of aliphatic hydroxyl groups is 5. The zero-order valence-corrected chi connectivity index (χ0v) is 48.6. The van der Waals surface area contributed by atoms with Gasteiger partial charge in [0.15, 0.2) is 22.8 Å². The van der Waals surface area contributed by atoms with E-state index in [1.807, 2.05) is 6.92 Å². The first-order valence-electron chi connectivity index (χ1n) is 26.8. The Balaban J connectivity index is 0.770. The number of nitrogen functional groups attached to an aromatic ring is 1. The molecule has 0 bridgehead atoms. The normalized spacial score (nSPS) is 34.6. The third-order valence-electron chi connectivity index (χ3n) is 17.9. The lowest BCUT2D eigenvalue weighted by atomic mass is 9.43. The van der Waals surface area contributed by atoms with Crippen molar-refractivity contribution in [3.63, 3.8) is 0 Å². The summed E-state index contributed by atoms with van der Waals surface area (Å²) in [4.78, 5) is 98.4. The highest BCUT2D eigenvalue weighted by atomic mass is 32.2. The number of hydrogen-bond acceptors (Lipinski definition) is 25. The summed E-state index contributed by atoms with van der Waals surface area (Å²) in [5.74, 6) is 0.0193. The average Bonchev–Trinajstić information content (AvgIpc) is 3.87. The highest BCUT2D eigenvalue weighted by Gasteiger charge is 2.65. The minimum atomic E-state index is -5.95. The molecule has 2 aromatic heterocycles. The van der Waals surface area contributed by atoms with Crippen LogP contribution >= 0.6 is 35.2 Å². The number of phosphoric acid groups is 3. The Morgan fingerprint density at radius 3 is 2.37 bits per heavy atom. The van der Waals surface area contributed by atoms with Gasteiger partial charge >= 0.3 is 0 Å². The van der Waals surface area contributed by atoms with Gasteiger partial charge in [0, 0.05) is 36.6 Å². The van der Waals surface area contributed by atoms with Crippen LogP contribution in [0.2, 0.25) is 0 Å². The topological polar surface area (TPSA) is 436 Å². The molecule has 79 heavy (non-hydrogen) atoms. The molecule has 5 aliphatic rings. The number of anilines is 1. The Bertz CT molecular complexity index is 2640. The van der Waals surface area contributed by atoms with E-state index in [9.17, 15) is 73.2 Å². The van der Waals surface area contributed by atoms with Gasteiger partial charge in [0.2, 0.25) is 11.8 Å². The van der Waals surface area contributed by atoms with Gasteiger partial charge in [0.1, 0.15) is 36.3 Å². The molecule has 0 spiro atoms. The summed E-state index contributed by atoms with van der Waals surface area (Å²) < 4.78 is 61.2. The smallest absolute Gasteiger partial charge is 0.274 e. The van der Waals surface area contributed by atoms with Crippen molar-refractivity contribution in [3.8, 4) is 0 Å². The number of aliphatic hydroxyl groups excluding tert-OH is 5. The Morgan fingerprint density at radius 1 is 0.949 bits per heavy atom. The molecular formula is C48H76N7O20P3S-4. The van der Waals surface area contributed by atoms with Gasteiger partial charge < -0.3 is 84.3 Å². The summed E-state index contributed by atoms with van der Waals surface area (Å²) in [7, 11) is -17.7. The summed E-state index contributed by atoms with van der Waals surface area (Å²) in [6, 6.07) is 0. The van der Waals surface area contributed by atoms with Gasteiger partial charge in [-0.2, -0.15) is 0 Å². The molecule has 5 fully saturated rings. The van der Waals surface area contributed by atoms with Gasteiger partial charge in [0.25, 0.3) is 15.6 Å². The fraction of sp³-hybridized carbons (Fsp3) is 0.833. The summed E-state index contributed by atoms with van der Waals surface area (Å²) in [5.41, 5.74) is 3.78. The first-order valence-corrected chi connectivity index (χ1v) is 32.2. The second kappa shape index (κ2) is 25.3. The molecule has 4 saturated carbocycles. The molecule has 27 nitrogen and oxygen atoms in total. The fourth-order valence-electron chi connectivity index (χ4n) is 13.6. The van der Waals surface area contributed by atoms with E-state index in [1.54, 1.807) is 0 Å². The maximum absolute atomic E-state index is 13.0. The second-order valence-corrected chi connectivity index (χ2v) is 28.6. The Morgan fingerprint density at radius 2 is 1.66 bits per heavy atom. The molecular weight excluding hydrogens is 1120 g/mol. The highest BCUT2D eigenvalue weighted by molar-refractivity contribution is 8.13. The monoisotopic (exact) mass is 1200 g/mol. The predicted molar refractivity (Wildman–Crippen MR) is 274 cm³/mol. The number of hydrogen-bond donors (Lipinski definition) is 8. The largest absolute Gasteiger partial charge is 0.790 e. The number of ether oxygens (including phenoxy) is 1. The standard InChI is InChI=1S/C48H80N7O20P3S/c1-25(29-10-11-30-36-31(20-34(58)48(29,30)6)47(5)14-12-28(56)18-27(47)19-32(36)57)8-7-9-26(2)45(63)79-17-16-50-35(59)13-15-51-43(62)40(61)46(3,4)22-72-78(69,70)75-77(67,68)71-21-33-39(74-76(64,65)66)38(60)44(73-33)55-24-54-37-41(49)52-23-53-42(37)55/h23-34,36,38-40,44,56-58,60-61H,7-22H2,1-6H3,(H,50,59)(H,51,62)(H,67,68)(H,69,70)(H2,49,52,53)(H2,64,65,66)/p-4/t25-,26?,27+,28-,29-,30+,31+,32-,33-,34+,36+,38-,39-,40+,44-,47+,48-/m1/s1. The number of nitrogens with one attached hydrogen (secondary N) is 2. The van der Waals surface area contributed by atoms with Crippen LogP contribution in [-0.2, 0) is 50.7 Å². The lowest BCUT2D eigenvalue weighted by molar-refractivity contribution is -0.347. The molecule has 0 aromatic carbocycles. The summed E-state index contributed by atoms with van der Waals surface area (Å²) in [6.45, 7) is 8.75. The Kier molecular flexibility index (Phi) is 20.5. The molecule has 448 valence electrons. The number of phosphoric ester groups is 3. The zero-order valence-electron chi connectivity index (χ0n) is 45.1. The number of imidazole rings is 1. The molecule has 2 amide bonds. The van der Waals surface area contributed by atoms with E-state index in [-0.39, 0.29) is 88.1 Å². The molecule has 1 saturated heterocycles. The Labute approximate surface area is 462 Å². The number of thioether (sulfide) groups is 1. The van der Waals surface area contributed by atoms with E-state index in [0.717, 1.165) is 73.9 Å². The van der Waals surface area contributed by atoms with Gasteiger partial charge in [-0.05, 0) is 97.7 Å². The average molecular weight is 1200 g/mol. The van der Waals surface area contributed by atoms with Crippen LogP contribution in [-0.4, -0.2) is 137 Å². The van der Waals surface area contributed by atoms with Crippen molar-refractivity contribution in [2.45, 2.75) is 161 Å². The van der Waals surface area contributed by atoms with Crippen molar-refractivity contribution in [2.24, 2.45) is 57.7 Å². The van der Waals surface area contributed by atoms with Gasteiger partial charge in [-0.1, -0.05) is 66.1 Å². The number of nitrogens with two attached hydrogens (primary N) is 1. The highest BCUT2D eigenvalue weighted by Crippen LogP contribution is 2.68. The number of fused-ring (bicyclic) bond motifs is 6. The molecule has 7 rings (SSSR count). The van der Waals surface area contributed by atoms with Crippen LogP contribution in [0.4, 0.5) is 5.82 Å². The first kappa shape index (κ1) is 64.0. The number of rotatable bonds is 25. The number of carbonyl (C=O) groups is 3. The summed E-state index contributed by atoms with van der Waals surface area (Å²) in [6.07, 6.45) is -0.659. The summed E-state index contributed by atoms with van der Waals surface area (Å²) in [5, 5.41) is 60.6. The van der Waals surface area contributed by atoms with E-state index in [2.05, 4.69) is 64.2 Å². The molecule has 3 heterocycles. The van der Waals surface area contributed by atoms with E-state index < -0.39 is 96.8 Å². The van der Waals surface area contributed by atoms with Crippen LogP contribution < -0.4 is 35.9 Å². The quantitative estimate of drug-likeness (QED) is 0.0497. The number of nitrogens with zero attached hydrogens (tertiary/aromatic N) is 4. The molecule has 19 atom stereocenters. The number of carbonyl (C=O) groups excluding carboxylic acids is 3. The maximum Gasteiger partial charge on any atom is 0.274 e. The molecule has 1 aliphatic heterocycles. The minimum absolute atomic E-state index is 0.00233. The van der Waals surface area contributed by atoms with Crippen LogP contribution in [0.15, 0.2) is 12.7 Å². The lowest BCUT2D eigenvalue weighted by Crippen LogP contribution is -2.62. The van der Waals surface area contributed by atoms with Gasteiger partial charge in [-0.15, -0.1) is 0 Å². The van der Waals surface area contributed by atoms with Crippen molar-refractivity contribution < 1.29 is 95.8 Å². The SMILES string of the molecule is CC(CCC[C@@H](C)[C@H]1CC[C@H]2[C@@H]3[C@H](O)C[C@@H]4C[C@H](O)CC[C@]4(C)[C@H]3C[C@H](O)[C@]12C)C(=O)SCCNC(=O)CCNC(=O)[C@H](O)C(C)(C)COP(=O)([O-])OP(=O)([O-])OC[C@H]1O[C@@H](n2cnc3c(N)ncnc32)[C@H](O)[C@@H]1OP(=O)([O-])[O-]. The van der Waals surface area contributed by atoms with Crippen LogP contribution in [0.3, 0.4) is 0 Å². The Hall–Kier alpha value is -2.56. The van der Waals surface area contributed by atoms with E-state index in [1.165, 1.54) is 13.8 Å². The maximum atomic E-state index is 13.0. The molecule has 4 aliphatic carbocycles. The van der Waals surface area contributed by atoms with Crippen molar-refractivity contribution >= 4 is 69.1 Å². The number of amides is 2. The van der Waals surface area contributed by atoms with E-state index in [4.69, 9.17) is 10.5 Å². The van der Waals surface area contributed by atoms with Crippen LogP contribution in [0.25, 0.3) is 11.2 Å². The summed E-state index contributed by atoms with van der Waals surface area (Å²) >= 11 is 1.11. The van der Waals surface area contributed by atoms with Crippen LogP contribution in [0, 0.1) is 57.7 Å². The van der Waals surface area contributed by atoms with Crippen LogP contribution in [0.1, 0.15) is 118 Å². The van der Waals surface area contributed by atoms with Gasteiger partial charge in [-0.25, -0.2) is 19.3 Å². The van der Waals surface area contributed by atoms with Crippen molar-refractivity contribution in [1.29, 1.82) is 0 Å². The number of aromatic nitrogens is 4. The predicted octanol–water partition coefficient (Wildman–Crippen LogP) is 0.541. The first-order chi connectivity index (χ1) is 36.8. The second-order valence-electron chi connectivity index (χ2n) is 23.5. The third kappa shape index (κ3) is 14.7. The molecule has 0 radical (unpaired) electrons. The molecule has 3 unspecified atom stereocenters. The zero-order chi connectivity index (χ0) is 58.2.